The number of oxazole rings is 1. The Hall–Kier alpha value is -2.21. The molecule has 3 rings (SSSR count). The van der Waals surface area contributed by atoms with Crippen LogP contribution in [0.4, 0.5) is 4.39 Å². The van der Waals surface area contributed by atoms with Crippen molar-refractivity contribution in [2.75, 3.05) is 19.6 Å². The van der Waals surface area contributed by atoms with Gasteiger partial charge in [-0.05, 0) is 43.5 Å². The highest BCUT2D eigenvalue weighted by Crippen LogP contribution is 2.22. The molecule has 1 aromatic carbocycles. The average molecular weight is 317 g/mol. The number of benzene rings is 1. The zero-order valence-corrected chi connectivity index (χ0v) is 12.8. The smallest absolute Gasteiger partial charge is 0.273 e. The summed E-state index contributed by atoms with van der Waals surface area (Å²) in [6.07, 6.45) is 4.17. The highest BCUT2D eigenvalue weighted by Gasteiger charge is 2.21. The van der Waals surface area contributed by atoms with Gasteiger partial charge >= 0.3 is 0 Å². The molecule has 1 atom stereocenters. The maximum Gasteiger partial charge on any atom is 0.273 e. The number of nitrogens with one attached hydrogen (secondary N) is 2. The van der Waals surface area contributed by atoms with Crippen molar-refractivity contribution in [3.63, 3.8) is 0 Å². The van der Waals surface area contributed by atoms with Crippen LogP contribution < -0.4 is 10.6 Å². The molecule has 23 heavy (non-hydrogen) atoms. The number of nitrogens with zero attached hydrogens (tertiary/aromatic N) is 1. The van der Waals surface area contributed by atoms with Crippen LogP contribution in [0.3, 0.4) is 0 Å². The number of halogens is 1. The van der Waals surface area contributed by atoms with E-state index in [1.807, 2.05) is 0 Å². The van der Waals surface area contributed by atoms with Crippen molar-refractivity contribution >= 4 is 5.91 Å². The van der Waals surface area contributed by atoms with E-state index in [1.54, 1.807) is 12.1 Å². The third-order valence-electron chi connectivity index (χ3n) is 4.01. The van der Waals surface area contributed by atoms with Crippen molar-refractivity contribution in [1.29, 1.82) is 0 Å². The third kappa shape index (κ3) is 4.16. The second kappa shape index (κ2) is 7.37. The van der Waals surface area contributed by atoms with Gasteiger partial charge in [-0.3, -0.25) is 4.79 Å². The van der Waals surface area contributed by atoms with E-state index in [-0.39, 0.29) is 17.6 Å². The fraction of sp³-hybridized carbons (Fsp3) is 0.412. The fourth-order valence-electron chi connectivity index (χ4n) is 2.70. The molecule has 1 fully saturated rings. The number of amides is 1. The van der Waals surface area contributed by atoms with Crippen molar-refractivity contribution in [1.82, 2.24) is 15.6 Å². The molecule has 6 heteroatoms. The Morgan fingerprint density at radius 2 is 2.22 bits per heavy atom. The summed E-state index contributed by atoms with van der Waals surface area (Å²) >= 11 is 0. The molecule has 2 N–H and O–H groups in total. The highest BCUT2D eigenvalue weighted by atomic mass is 19.1. The molecular formula is C17H20FN3O2. The summed E-state index contributed by atoms with van der Waals surface area (Å²) in [5.41, 5.74) is 1.28. The third-order valence-corrected chi connectivity index (χ3v) is 4.01. The van der Waals surface area contributed by atoms with E-state index in [4.69, 9.17) is 4.42 Å². The minimum absolute atomic E-state index is 0.240. The molecule has 1 aliphatic heterocycles. The van der Waals surface area contributed by atoms with Gasteiger partial charge in [0.15, 0.2) is 11.6 Å². The molecule has 0 spiro atoms. The van der Waals surface area contributed by atoms with Crippen molar-refractivity contribution in [2.45, 2.75) is 25.2 Å². The lowest BCUT2D eigenvalue weighted by Gasteiger charge is -2.19. The topological polar surface area (TPSA) is 67.2 Å². The Bertz CT molecular complexity index is 648. The van der Waals surface area contributed by atoms with Crippen molar-refractivity contribution < 1.29 is 13.6 Å². The first kappa shape index (κ1) is 15.7. The highest BCUT2D eigenvalue weighted by molar-refractivity contribution is 5.91. The predicted molar refractivity (Wildman–Crippen MR) is 83.8 cm³/mol. The summed E-state index contributed by atoms with van der Waals surface area (Å²) in [4.78, 5) is 16.4. The molecule has 122 valence electrons. The summed E-state index contributed by atoms with van der Waals surface area (Å²) in [5.74, 6) is 0.362. The van der Waals surface area contributed by atoms with Crippen LogP contribution in [0.15, 0.2) is 34.9 Å². The summed E-state index contributed by atoms with van der Waals surface area (Å²) in [6, 6.07) is 6.26. The first-order chi connectivity index (χ1) is 11.2. The Balaban J connectivity index is 1.50. The predicted octanol–water partition coefficient (Wildman–Crippen LogP) is 2.25. The zero-order chi connectivity index (χ0) is 16.1. The van der Waals surface area contributed by atoms with Crippen LogP contribution in [0.5, 0.6) is 0 Å². The Morgan fingerprint density at radius 1 is 1.39 bits per heavy atom. The maximum atomic E-state index is 12.8. The van der Waals surface area contributed by atoms with Crippen LogP contribution in [0.25, 0.3) is 0 Å². The van der Waals surface area contributed by atoms with Crippen LogP contribution in [0.2, 0.25) is 0 Å². The lowest BCUT2D eigenvalue weighted by Crippen LogP contribution is -2.29. The summed E-state index contributed by atoms with van der Waals surface area (Å²) in [5, 5.41) is 6.11. The van der Waals surface area contributed by atoms with E-state index in [0.717, 1.165) is 31.5 Å². The molecular weight excluding hydrogens is 297 g/mol. The van der Waals surface area contributed by atoms with Crippen LogP contribution in [-0.4, -0.2) is 30.5 Å². The molecule has 0 aliphatic carbocycles. The number of aromatic nitrogens is 1. The normalized spacial score (nSPS) is 17.9. The van der Waals surface area contributed by atoms with Gasteiger partial charge < -0.3 is 15.1 Å². The molecule has 2 aromatic rings. The minimum atomic E-state index is -0.259. The van der Waals surface area contributed by atoms with Crippen LogP contribution >= 0.6 is 0 Å². The van der Waals surface area contributed by atoms with E-state index in [9.17, 15) is 9.18 Å². The Labute approximate surface area is 134 Å². The average Bonchev–Trinajstić information content (AvgIpc) is 3.07. The molecule has 1 saturated heterocycles. The second-order valence-electron chi connectivity index (χ2n) is 5.75. The lowest BCUT2D eigenvalue weighted by atomic mass is 10.00. The molecule has 2 heterocycles. The van der Waals surface area contributed by atoms with Gasteiger partial charge in [0.25, 0.3) is 5.91 Å². The second-order valence-corrected chi connectivity index (χ2v) is 5.75. The number of carbonyl (C=O) groups excluding carboxylic acids is 1. The molecule has 1 unspecified atom stereocenters. The fourth-order valence-corrected chi connectivity index (χ4v) is 2.70. The Morgan fingerprint density at radius 3 is 2.96 bits per heavy atom. The number of hydrogen-bond donors (Lipinski definition) is 2. The van der Waals surface area contributed by atoms with Gasteiger partial charge in [-0.2, -0.15) is 0 Å². The minimum Gasteiger partial charge on any atom is -0.448 e. The van der Waals surface area contributed by atoms with Gasteiger partial charge in [0, 0.05) is 19.0 Å². The van der Waals surface area contributed by atoms with E-state index in [0.29, 0.717) is 24.6 Å². The van der Waals surface area contributed by atoms with Gasteiger partial charge in [-0.1, -0.05) is 12.1 Å². The Kier molecular flexibility index (Phi) is 5.02. The van der Waals surface area contributed by atoms with Gasteiger partial charge in [-0.25, -0.2) is 9.37 Å². The summed E-state index contributed by atoms with van der Waals surface area (Å²) in [7, 11) is 0. The lowest BCUT2D eigenvalue weighted by molar-refractivity contribution is 0.0949. The number of rotatable bonds is 5. The van der Waals surface area contributed by atoms with E-state index < -0.39 is 0 Å². The van der Waals surface area contributed by atoms with Crippen LogP contribution in [0.1, 0.15) is 40.7 Å². The molecule has 1 amide bonds. The van der Waals surface area contributed by atoms with Crippen LogP contribution in [-0.2, 0) is 6.42 Å². The SMILES string of the molecule is O=C(NCCc1ccc(F)cc1)c1coc(C2CCCNC2)n1. The van der Waals surface area contributed by atoms with Crippen molar-refractivity contribution in [2.24, 2.45) is 0 Å². The zero-order valence-electron chi connectivity index (χ0n) is 12.8. The molecule has 1 aromatic heterocycles. The van der Waals surface area contributed by atoms with Gasteiger partial charge in [0.1, 0.15) is 12.1 Å². The molecule has 0 bridgehead atoms. The molecule has 1 aliphatic rings. The maximum absolute atomic E-state index is 12.8. The van der Waals surface area contributed by atoms with Crippen molar-refractivity contribution in [3.05, 3.63) is 53.5 Å². The van der Waals surface area contributed by atoms with Gasteiger partial charge in [0.2, 0.25) is 0 Å². The standard InChI is InChI=1S/C17H20FN3O2/c18-14-5-3-12(4-6-14)7-9-20-16(22)15-11-23-17(21-15)13-2-1-8-19-10-13/h3-6,11,13,19H,1-2,7-10H2,(H,20,22). The van der Waals surface area contributed by atoms with Gasteiger partial charge in [0.05, 0.1) is 0 Å². The molecule has 0 radical (unpaired) electrons. The number of piperidine rings is 1. The first-order valence-electron chi connectivity index (χ1n) is 7.91. The van der Waals surface area contributed by atoms with Crippen LogP contribution in [0, 0.1) is 5.82 Å². The largest absolute Gasteiger partial charge is 0.448 e. The summed E-state index contributed by atoms with van der Waals surface area (Å²) in [6.45, 7) is 2.33. The summed E-state index contributed by atoms with van der Waals surface area (Å²) < 4.78 is 18.3. The van der Waals surface area contributed by atoms with E-state index in [2.05, 4.69) is 15.6 Å². The monoisotopic (exact) mass is 317 g/mol. The quantitative estimate of drug-likeness (QED) is 0.887. The number of carbonyl (C=O) groups is 1. The molecule has 5 nitrogen and oxygen atoms in total. The van der Waals surface area contributed by atoms with Gasteiger partial charge in [-0.15, -0.1) is 0 Å². The molecule has 0 saturated carbocycles. The van der Waals surface area contributed by atoms with E-state index >= 15 is 0 Å². The van der Waals surface area contributed by atoms with E-state index in [1.165, 1.54) is 18.4 Å². The van der Waals surface area contributed by atoms with Crippen molar-refractivity contribution in [3.8, 4) is 0 Å². The first-order valence-corrected chi connectivity index (χ1v) is 7.91. The number of hydrogen-bond acceptors (Lipinski definition) is 4.